The van der Waals surface area contributed by atoms with Crippen molar-refractivity contribution in [3.63, 3.8) is 0 Å². The molecule has 4 heteroatoms. The average Bonchev–Trinajstić information content (AvgIpc) is 2.60. The molecule has 2 saturated carbocycles. The largest absolute Gasteiger partial charge is 0.481 e. The van der Waals surface area contributed by atoms with Gasteiger partial charge in [-0.05, 0) is 37.5 Å². The van der Waals surface area contributed by atoms with Crippen LogP contribution in [-0.4, -0.2) is 22.2 Å². The van der Waals surface area contributed by atoms with E-state index in [1.165, 1.54) is 0 Å². The van der Waals surface area contributed by atoms with Crippen molar-refractivity contribution < 1.29 is 19.8 Å². The molecule has 2 aliphatic rings. The lowest BCUT2D eigenvalue weighted by Crippen LogP contribution is -2.35. The minimum atomic E-state index is -0.872. The van der Waals surface area contributed by atoms with Gasteiger partial charge in [0.05, 0.1) is 5.41 Å². The quantitative estimate of drug-likeness (QED) is 0.717. The second-order valence-corrected chi connectivity index (χ2v) is 4.60. The molecular formula is C10H14O4. The van der Waals surface area contributed by atoms with Crippen LogP contribution in [0.1, 0.15) is 32.1 Å². The van der Waals surface area contributed by atoms with Crippen molar-refractivity contribution in [2.24, 2.45) is 17.3 Å². The predicted octanol–water partition coefficient (Wildman–Crippen LogP) is 1.35. The number of fused-ring (bicyclic) bond motifs is 2. The Balaban J connectivity index is 2.19. The summed E-state index contributed by atoms with van der Waals surface area (Å²) in [7, 11) is 0. The highest BCUT2D eigenvalue weighted by molar-refractivity contribution is 5.78. The summed E-state index contributed by atoms with van der Waals surface area (Å²) in [6, 6.07) is 0. The molecule has 2 bridgehead atoms. The van der Waals surface area contributed by atoms with Gasteiger partial charge in [0.2, 0.25) is 0 Å². The fourth-order valence-corrected chi connectivity index (χ4v) is 3.24. The van der Waals surface area contributed by atoms with E-state index in [0.717, 1.165) is 12.8 Å². The summed E-state index contributed by atoms with van der Waals surface area (Å²) < 4.78 is 0. The molecule has 0 spiro atoms. The lowest BCUT2D eigenvalue weighted by Gasteiger charge is -2.29. The SMILES string of the molecule is O=C(O)CC1CC2CCC1(C(=O)O)C2. The molecule has 78 valence electrons. The average molecular weight is 198 g/mol. The molecule has 2 N–H and O–H groups in total. The number of hydrogen-bond donors (Lipinski definition) is 2. The summed E-state index contributed by atoms with van der Waals surface area (Å²) >= 11 is 0. The Hall–Kier alpha value is -1.06. The zero-order valence-corrected chi connectivity index (χ0v) is 7.90. The van der Waals surface area contributed by atoms with Gasteiger partial charge in [0, 0.05) is 6.42 Å². The number of carbonyl (C=O) groups is 2. The molecule has 2 fully saturated rings. The molecule has 14 heavy (non-hydrogen) atoms. The number of carboxylic acid groups (broad SMARTS) is 2. The molecule has 0 radical (unpaired) electrons. The van der Waals surface area contributed by atoms with E-state index in [9.17, 15) is 14.7 Å². The van der Waals surface area contributed by atoms with Gasteiger partial charge in [-0.25, -0.2) is 0 Å². The Kier molecular flexibility index (Phi) is 2.01. The fourth-order valence-electron chi connectivity index (χ4n) is 3.24. The number of hydrogen-bond acceptors (Lipinski definition) is 2. The first-order valence-electron chi connectivity index (χ1n) is 5.00. The van der Waals surface area contributed by atoms with Crippen molar-refractivity contribution in [3.8, 4) is 0 Å². The van der Waals surface area contributed by atoms with Crippen LogP contribution in [0.2, 0.25) is 0 Å². The molecule has 2 aliphatic carbocycles. The minimum absolute atomic E-state index is 0.0167. The topological polar surface area (TPSA) is 74.6 Å². The summed E-state index contributed by atoms with van der Waals surface area (Å²) in [6.45, 7) is 0. The molecular weight excluding hydrogens is 184 g/mol. The van der Waals surface area contributed by atoms with E-state index in [1.54, 1.807) is 0 Å². The van der Waals surface area contributed by atoms with E-state index >= 15 is 0 Å². The van der Waals surface area contributed by atoms with Crippen molar-refractivity contribution in [1.29, 1.82) is 0 Å². The predicted molar refractivity (Wildman–Crippen MR) is 47.8 cm³/mol. The van der Waals surface area contributed by atoms with Crippen LogP contribution in [0.5, 0.6) is 0 Å². The van der Waals surface area contributed by atoms with Gasteiger partial charge in [-0.3, -0.25) is 9.59 Å². The summed E-state index contributed by atoms with van der Waals surface area (Å²) in [5.74, 6) is -1.35. The van der Waals surface area contributed by atoms with Gasteiger partial charge in [-0.2, -0.15) is 0 Å². The van der Waals surface area contributed by atoms with Crippen LogP contribution in [0.15, 0.2) is 0 Å². The Bertz CT molecular complexity index is 286. The summed E-state index contributed by atoms with van der Waals surface area (Å²) in [5.41, 5.74) is -0.705. The van der Waals surface area contributed by atoms with Crippen LogP contribution in [0, 0.1) is 17.3 Å². The van der Waals surface area contributed by atoms with E-state index in [-0.39, 0.29) is 12.3 Å². The van der Waals surface area contributed by atoms with Crippen molar-refractivity contribution in [3.05, 3.63) is 0 Å². The fraction of sp³-hybridized carbons (Fsp3) is 0.800. The zero-order chi connectivity index (χ0) is 10.3. The summed E-state index contributed by atoms with van der Waals surface area (Å²) in [5, 5.41) is 17.9. The van der Waals surface area contributed by atoms with Gasteiger partial charge in [0.15, 0.2) is 0 Å². The molecule has 3 unspecified atom stereocenters. The molecule has 4 nitrogen and oxygen atoms in total. The van der Waals surface area contributed by atoms with Gasteiger partial charge in [0.25, 0.3) is 0 Å². The number of carboxylic acids is 2. The van der Waals surface area contributed by atoms with E-state index < -0.39 is 17.4 Å². The molecule has 3 atom stereocenters. The lowest BCUT2D eigenvalue weighted by atomic mass is 9.73. The highest BCUT2D eigenvalue weighted by Gasteiger charge is 2.57. The monoisotopic (exact) mass is 198 g/mol. The van der Waals surface area contributed by atoms with E-state index in [4.69, 9.17) is 5.11 Å². The van der Waals surface area contributed by atoms with Gasteiger partial charge in [0.1, 0.15) is 0 Å². The van der Waals surface area contributed by atoms with Crippen LogP contribution >= 0.6 is 0 Å². The standard InChI is InChI=1S/C10H14O4/c11-8(12)4-7-3-6-1-2-10(7,5-6)9(13)14/h6-7H,1-5H2,(H,11,12)(H,13,14). The van der Waals surface area contributed by atoms with Crippen molar-refractivity contribution in [2.45, 2.75) is 32.1 Å². The molecule has 2 rings (SSSR count). The summed E-state index contributed by atoms with van der Waals surface area (Å²) in [4.78, 5) is 21.8. The van der Waals surface area contributed by atoms with E-state index in [2.05, 4.69) is 0 Å². The van der Waals surface area contributed by atoms with Crippen LogP contribution in [0.25, 0.3) is 0 Å². The molecule has 0 saturated heterocycles. The van der Waals surface area contributed by atoms with Crippen LogP contribution < -0.4 is 0 Å². The number of rotatable bonds is 3. The lowest BCUT2D eigenvalue weighted by molar-refractivity contribution is -0.153. The Morgan fingerprint density at radius 3 is 2.57 bits per heavy atom. The van der Waals surface area contributed by atoms with Crippen LogP contribution in [-0.2, 0) is 9.59 Å². The second-order valence-electron chi connectivity index (χ2n) is 4.60. The maximum atomic E-state index is 11.2. The third kappa shape index (κ3) is 1.21. The molecule has 0 aromatic heterocycles. The highest BCUT2D eigenvalue weighted by Crippen LogP contribution is 2.58. The second kappa shape index (κ2) is 2.97. The molecule has 0 aromatic rings. The number of aliphatic carboxylic acids is 2. The molecule has 0 amide bonds. The maximum Gasteiger partial charge on any atom is 0.309 e. The van der Waals surface area contributed by atoms with Gasteiger partial charge < -0.3 is 10.2 Å². The van der Waals surface area contributed by atoms with Crippen molar-refractivity contribution in [1.82, 2.24) is 0 Å². The van der Waals surface area contributed by atoms with Crippen LogP contribution in [0.3, 0.4) is 0 Å². The highest BCUT2D eigenvalue weighted by atomic mass is 16.4. The normalized spacial score (nSPS) is 40.0. The molecule has 0 heterocycles. The Morgan fingerprint density at radius 1 is 1.36 bits per heavy atom. The first-order chi connectivity index (χ1) is 6.54. The van der Waals surface area contributed by atoms with E-state index in [1.807, 2.05) is 0 Å². The first kappa shape index (κ1) is 9.49. The van der Waals surface area contributed by atoms with Gasteiger partial charge in [-0.1, -0.05) is 0 Å². The molecule has 0 aliphatic heterocycles. The van der Waals surface area contributed by atoms with Crippen LogP contribution in [0.4, 0.5) is 0 Å². The first-order valence-corrected chi connectivity index (χ1v) is 5.00. The Labute approximate surface area is 81.9 Å². The van der Waals surface area contributed by atoms with Gasteiger partial charge in [-0.15, -0.1) is 0 Å². The maximum absolute atomic E-state index is 11.2. The van der Waals surface area contributed by atoms with Gasteiger partial charge >= 0.3 is 11.9 Å². The Morgan fingerprint density at radius 2 is 2.07 bits per heavy atom. The summed E-state index contributed by atoms with van der Waals surface area (Å²) in [6.07, 6.45) is 3.13. The van der Waals surface area contributed by atoms with Crippen molar-refractivity contribution >= 4 is 11.9 Å². The third-order valence-electron chi connectivity index (χ3n) is 3.90. The minimum Gasteiger partial charge on any atom is -0.481 e. The third-order valence-corrected chi connectivity index (χ3v) is 3.90. The smallest absolute Gasteiger partial charge is 0.309 e. The van der Waals surface area contributed by atoms with Crippen molar-refractivity contribution in [2.75, 3.05) is 0 Å². The zero-order valence-electron chi connectivity index (χ0n) is 7.90. The molecule has 0 aromatic carbocycles. The van der Waals surface area contributed by atoms with E-state index in [0.29, 0.717) is 18.8 Å².